The molecule has 0 bridgehead atoms. The van der Waals surface area contributed by atoms with Crippen LogP contribution in [0, 0.1) is 0 Å². The van der Waals surface area contributed by atoms with Gasteiger partial charge in [-0.05, 0) is 121 Å². The maximum Gasteiger partial charge on any atom is 0.251 e. The molecule has 0 saturated carbocycles. The number of likely N-dealkylation sites (tertiary alicyclic amines) is 2. The van der Waals surface area contributed by atoms with E-state index in [0.717, 1.165) is 99.8 Å². The Morgan fingerprint density at radius 3 is 1.26 bits per heavy atom. The fourth-order valence-corrected chi connectivity index (χ4v) is 10.5. The summed E-state index contributed by atoms with van der Waals surface area (Å²) in [6.07, 6.45) is 4.30. The van der Waals surface area contributed by atoms with Crippen LogP contribution in [-0.4, -0.2) is 110 Å². The highest BCUT2D eigenvalue weighted by molar-refractivity contribution is 6.07. The molecule has 2 saturated heterocycles. The van der Waals surface area contributed by atoms with Crippen molar-refractivity contribution >= 4 is 55.2 Å². The molecule has 2 aliphatic heterocycles. The van der Waals surface area contributed by atoms with Gasteiger partial charge in [0, 0.05) is 100 Å². The Morgan fingerprint density at radius 2 is 0.878 bits per heavy atom. The van der Waals surface area contributed by atoms with E-state index in [2.05, 4.69) is 116 Å². The van der Waals surface area contributed by atoms with Crippen LogP contribution in [0.3, 0.4) is 0 Å². The fourth-order valence-electron chi connectivity index (χ4n) is 10.5. The van der Waals surface area contributed by atoms with E-state index < -0.39 is 0 Å². The van der Waals surface area contributed by atoms with Crippen LogP contribution in [-0.2, 0) is 26.2 Å². The first-order valence-corrected chi connectivity index (χ1v) is 25.9. The second kappa shape index (κ2) is 24.1. The van der Waals surface area contributed by atoms with Crippen LogP contribution in [0.5, 0.6) is 11.5 Å². The Balaban J connectivity index is 0.000000182. The van der Waals surface area contributed by atoms with Crippen LogP contribution in [0.4, 0.5) is 0 Å². The smallest absolute Gasteiger partial charge is 0.251 e. The number of methoxy groups -OCH3 is 2. The van der Waals surface area contributed by atoms with E-state index in [-0.39, 0.29) is 22.9 Å². The van der Waals surface area contributed by atoms with Gasteiger partial charge in [-0.1, -0.05) is 72.8 Å². The van der Waals surface area contributed by atoms with Gasteiger partial charge in [0.1, 0.15) is 11.5 Å². The van der Waals surface area contributed by atoms with Crippen LogP contribution < -0.4 is 41.9 Å². The topological polar surface area (TPSA) is 151 Å². The van der Waals surface area contributed by atoms with Crippen LogP contribution in [0.25, 0.3) is 43.4 Å². The third-order valence-electron chi connectivity index (χ3n) is 14.9. The molecule has 384 valence electrons. The third kappa shape index (κ3) is 12.2. The summed E-state index contributed by atoms with van der Waals surface area (Å²) < 4.78 is 14.3. The van der Waals surface area contributed by atoms with Gasteiger partial charge in [0.2, 0.25) is 0 Å². The second-order valence-corrected chi connectivity index (χ2v) is 19.4. The summed E-state index contributed by atoms with van der Waals surface area (Å²) in [7, 11) is 6.35. The first kappa shape index (κ1) is 51.5. The molecule has 14 heteroatoms. The monoisotopic (exact) mass is 997 g/mol. The lowest BCUT2D eigenvalue weighted by molar-refractivity contribution is 0.0956. The minimum absolute atomic E-state index is 0.175. The Bertz CT molecular complexity index is 3170. The molecule has 14 nitrogen and oxygen atoms in total. The summed E-state index contributed by atoms with van der Waals surface area (Å²) in [5.74, 6) is 0.788. The molecule has 2 fully saturated rings. The number of piperidine rings is 2. The van der Waals surface area contributed by atoms with E-state index in [1.165, 1.54) is 44.8 Å². The number of carbonyl (C=O) groups is 2. The number of amides is 2. The quantitative estimate of drug-likeness (QED) is 0.0765. The molecule has 4 N–H and O–H groups in total. The Morgan fingerprint density at radius 1 is 0.486 bits per heavy atom. The van der Waals surface area contributed by atoms with E-state index in [4.69, 9.17) is 9.47 Å². The molecule has 0 aliphatic carbocycles. The van der Waals surface area contributed by atoms with Gasteiger partial charge in [-0.3, -0.25) is 19.2 Å². The standard InChI is InChI=1S/2C30H34N4O3/c2*1-31-30(36)27-19-29(35)34(28-18-25(37-2)9-10-26(27)28)16-15-33-13-11-24(12-14-33)32-20-21-7-8-22-5-3-4-6-23(22)17-21/h2*3-10,17-19,24,32H,11-16,20H2,1-2H3,(H,31,36). The molecule has 6 aromatic carbocycles. The summed E-state index contributed by atoms with van der Waals surface area (Å²) in [4.78, 5) is 55.6. The van der Waals surface area contributed by atoms with Gasteiger partial charge >= 0.3 is 0 Å². The molecule has 0 atom stereocenters. The van der Waals surface area contributed by atoms with Crippen LogP contribution >= 0.6 is 0 Å². The lowest BCUT2D eigenvalue weighted by Gasteiger charge is -2.32. The molecule has 0 unspecified atom stereocenters. The highest BCUT2D eigenvalue weighted by atomic mass is 16.5. The minimum Gasteiger partial charge on any atom is -0.497 e. The molecule has 2 amide bonds. The Hall–Kier alpha value is -7.36. The number of nitrogens with zero attached hydrogens (tertiary/aromatic N) is 4. The van der Waals surface area contributed by atoms with E-state index in [0.29, 0.717) is 47.8 Å². The molecule has 74 heavy (non-hydrogen) atoms. The van der Waals surface area contributed by atoms with E-state index in [1.54, 1.807) is 37.4 Å². The van der Waals surface area contributed by atoms with E-state index >= 15 is 0 Å². The highest BCUT2D eigenvalue weighted by Crippen LogP contribution is 2.26. The van der Waals surface area contributed by atoms with Crippen molar-refractivity contribution in [1.82, 2.24) is 40.2 Å². The van der Waals surface area contributed by atoms with Crippen molar-refractivity contribution in [3.63, 3.8) is 0 Å². The average molecular weight is 997 g/mol. The van der Waals surface area contributed by atoms with Gasteiger partial charge in [0.15, 0.2) is 0 Å². The molecule has 4 heterocycles. The lowest BCUT2D eigenvalue weighted by atomic mass is 10.0. The molecule has 2 aliphatic rings. The number of nitrogens with one attached hydrogen (secondary N) is 4. The van der Waals surface area contributed by atoms with Crippen molar-refractivity contribution in [1.29, 1.82) is 0 Å². The zero-order chi connectivity index (χ0) is 51.6. The highest BCUT2D eigenvalue weighted by Gasteiger charge is 2.22. The predicted octanol–water partition coefficient (Wildman–Crippen LogP) is 7.55. The lowest BCUT2D eigenvalue weighted by Crippen LogP contribution is -2.43. The number of hydrogen-bond acceptors (Lipinski definition) is 10. The molecular formula is C60H68N8O6. The first-order chi connectivity index (χ1) is 36.1. The molecule has 0 spiro atoms. The van der Waals surface area contributed by atoms with E-state index in [9.17, 15) is 19.2 Å². The zero-order valence-electron chi connectivity index (χ0n) is 43.0. The Labute approximate surface area is 432 Å². The third-order valence-corrected chi connectivity index (χ3v) is 14.9. The summed E-state index contributed by atoms with van der Waals surface area (Å²) in [6, 6.07) is 45.1. The van der Waals surface area contributed by atoms with Crippen molar-refractivity contribution < 1.29 is 19.1 Å². The average Bonchev–Trinajstić information content (AvgIpc) is 3.46. The number of benzene rings is 6. The number of carbonyl (C=O) groups excluding carboxylic acids is 2. The van der Waals surface area contributed by atoms with Crippen LogP contribution in [0.2, 0.25) is 0 Å². The van der Waals surface area contributed by atoms with Crippen molar-refractivity contribution in [3.8, 4) is 11.5 Å². The van der Waals surface area contributed by atoms with Gasteiger partial charge in [-0.25, -0.2) is 0 Å². The SMILES string of the molecule is CNC(=O)c1cc(=O)n(CCN2CCC(NCc3ccc4ccccc4c3)CC2)c2cc(OC)ccc12.CNC(=O)c1cc(=O)n(CCN2CCC(NCc3ccc4ccccc4c3)CC2)c2cc(OC)ccc12. The Kier molecular flexibility index (Phi) is 16.8. The maximum absolute atomic E-state index is 13.0. The van der Waals surface area contributed by atoms with Crippen LogP contribution in [0.1, 0.15) is 57.5 Å². The first-order valence-electron chi connectivity index (χ1n) is 25.9. The molecule has 8 aromatic rings. The summed E-state index contributed by atoms with van der Waals surface area (Å²) in [5, 5.41) is 19.3. The van der Waals surface area contributed by atoms with E-state index in [1.807, 2.05) is 36.4 Å². The maximum atomic E-state index is 13.0. The fraction of sp³-hybridized carbons (Fsp3) is 0.333. The van der Waals surface area contributed by atoms with Gasteiger partial charge in [-0.15, -0.1) is 0 Å². The molecule has 10 rings (SSSR count). The van der Waals surface area contributed by atoms with Crippen molar-refractivity contribution in [2.45, 2.75) is 63.9 Å². The number of hydrogen-bond donors (Lipinski definition) is 4. The summed E-state index contributed by atoms with van der Waals surface area (Å²) in [6.45, 7) is 8.38. The van der Waals surface area contributed by atoms with Crippen LogP contribution in [0.15, 0.2) is 143 Å². The zero-order valence-corrected chi connectivity index (χ0v) is 43.0. The van der Waals surface area contributed by atoms with Gasteiger partial charge in [0.25, 0.3) is 22.9 Å². The number of rotatable bonds is 16. The number of fused-ring (bicyclic) bond motifs is 4. The number of pyridine rings is 2. The minimum atomic E-state index is -0.266. The largest absolute Gasteiger partial charge is 0.497 e. The van der Waals surface area contributed by atoms with Crippen molar-refractivity contribution in [2.75, 3.05) is 67.6 Å². The van der Waals surface area contributed by atoms with Crippen molar-refractivity contribution in [3.05, 3.63) is 176 Å². The normalized spacial score (nSPS) is 14.8. The second-order valence-electron chi connectivity index (χ2n) is 19.4. The van der Waals surface area contributed by atoms with Gasteiger partial charge in [0.05, 0.1) is 36.4 Å². The predicted molar refractivity (Wildman–Crippen MR) is 297 cm³/mol. The number of aromatic nitrogens is 2. The van der Waals surface area contributed by atoms with Crippen molar-refractivity contribution in [2.24, 2.45) is 0 Å². The molecular weight excluding hydrogens is 929 g/mol. The molecule has 0 radical (unpaired) electrons. The summed E-state index contributed by atoms with van der Waals surface area (Å²) >= 11 is 0. The van der Waals surface area contributed by atoms with Gasteiger partial charge in [-0.2, -0.15) is 0 Å². The van der Waals surface area contributed by atoms with Gasteiger partial charge < -0.3 is 49.7 Å². The molecule has 2 aromatic heterocycles. The summed E-state index contributed by atoms with van der Waals surface area (Å²) in [5.41, 5.74) is 4.48. The number of ether oxygens (including phenoxy) is 2.